The predicted octanol–water partition coefficient (Wildman–Crippen LogP) is 4.58. The van der Waals surface area contributed by atoms with Gasteiger partial charge in [0.05, 0.1) is 5.69 Å². The average molecular weight is 312 g/mol. The fourth-order valence-corrected chi connectivity index (χ4v) is 3.09. The molecule has 5 heteroatoms. The lowest BCUT2D eigenvalue weighted by Gasteiger charge is -2.05. The fourth-order valence-electron chi connectivity index (χ4n) is 2.36. The maximum atomic E-state index is 9.90. The zero-order valence-corrected chi connectivity index (χ0v) is 13.1. The SMILES string of the molecule is Cc1cc(C)cc(Nc2nc(-c3ccc(O)cc3O)cs2)c1. The highest BCUT2D eigenvalue weighted by molar-refractivity contribution is 7.14. The molecule has 0 bridgehead atoms. The van der Waals surface area contributed by atoms with Crippen molar-refractivity contribution in [2.45, 2.75) is 13.8 Å². The van der Waals surface area contributed by atoms with Gasteiger partial charge in [0.25, 0.3) is 0 Å². The minimum Gasteiger partial charge on any atom is -0.508 e. The topological polar surface area (TPSA) is 65.4 Å². The molecule has 22 heavy (non-hydrogen) atoms. The lowest BCUT2D eigenvalue weighted by Crippen LogP contribution is -1.91. The molecule has 4 nitrogen and oxygen atoms in total. The Labute approximate surface area is 132 Å². The Hall–Kier alpha value is -2.53. The highest BCUT2D eigenvalue weighted by Gasteiger charge is 2.10. The molecule has 3 rings (SSSR count). The number of aryl methyl sites for hydroxylation is 2. The second kappa shape index (κ2) is 5.69. The monoisotopic (exact) mass is 312 g/mol. The van der Waals surface area contributed by atoms with E-state index in [4.69, 9.17) is 0 Å². The molecule has 112 valence electrons. The Morgan fingerprint density at radius 1 is 1.00 bits per heavy atom. The summed E-state index contributed by atoms with van der Waals surface area (Å²) in [6.45, 7) is 4.11. The number of hydrogen-bond acceptors (Lipinski definition) is 5. The first kappa shape index (κ1) is 14.4. The first-order valence-corrected chi connectivity index (χ1v) is 7.72. The first-order valence-electron chi connectivity index (χ1n) is 6.84. The van der Waals surface area contributed by atoms with Gasteiger partial charge in [-0.15, -0.1) is 11.3 Å². The van der Waals surface area contributed by atoms with Crippen LogP contribution in [0.5, 0.6) is 11.5 Å². The molecule has 0 saturated carbocycles. The van der Waals surface area contributed by atoms with Gasteiger partial charge in [-0.2, -0.15) is 0 Å². The molecule has 0 amide bonds. The zero-order chi connectivity index (χ0) is 15.7. The van der Waals surface area contributed by atoms with Gasteiger partial charge in [0.2, 0.25) is 0 Å². The molecule has 0 unspecified atom stereocenters. The number of thiazole rings is 1. The van der Waals surface area contributed by atoms with Crippen LogP contribution in [0.15, 0.2) is 41.8 Å². The van der Waals surface area contributed by atoms with Gasteiger partial charge in [-0.1, -0.05) is 6.07 Å². The molecule has 0 radical (unpaired) electrons. The Bertz CT molecular complexity index is 807. The van der Waals surface area contributed by atoms with Gasteiger partial charge >= 0.3 is 0 Å². The number of hydrogen-bond donors (Lipinski definition) is 3. The Kier molecular flexibility index (Phi) is 3.73. The first-order chi connectivity index (χ1) is 10.5. The Morgan fingerprint density at radius 3 is 2.41 bits per heavy atom. The number of anilines is 2. The lowest BCUT2D eigenvalue weighted by molar-refractivity contribution is 0.452. The Morgan fingerprint density at radius 2 is 1.73 bits per heavy atom. The van der Waals surface area contributed by atoms with Crippen LogP contribution in [0.4, 0.5) is 10.8 Å². The molecular formula is C17H16N2O2S. The van der Waals surface area contributed by atoms with Crippen molar-refractivity contribution in [3.63, 3.8) is 0 Å². The molecule has 1 aromatic heterocycles. The molecule has 3 aromatic rings. The Balaban J connectivity index is 1.87. The minimum absolute atomic E-state index is 0.0169. The third kappa shape index (κ3) is 3.04. The second-order valence-corrected chi connectivity index (χ2v) is 6.10. The van der Waals surface area contributed by atoms with Gasteiger partial charge in [-0.3, -0.25) is 0 Å². The molecule has 0 aliphatic heterocycles. The summed E-state index contributed by atoms with van der Waals surface area (Å²) < 4.78 is 0. The lowest BCUT2D eigenvalue weighted by atomic mass is 10.1. The average Bonchev–Trinajstić information content (AvgIpc) is 2.85. The van der Waals surface area contributed by atoms with Crippen molar-refractivity contribution in [1.82, 2.24) is 4.98 Å². The molecule has 0 aliphatic rings. The number of nitrogens with one attached hydrogen (secondary N) is 1. The van der Waals surface area contributed by atoms with Crippen molar-refractivity contribution >= 4 is 22.2 Å². The molecule has 0 aliphatic carbocycles. The highest BCUT2D eigenvalue weighted by Crippen LogP contribution is 2.34. The van der Waals surface area contributed by atoms with E-state index in [0.717, 1.165) is 10.8 Å². The number of phenols is 2. The van der Waals surface area contributed by atoms with E-state index in [1.165, 1.54) is 34.6 Å². The van der Waals surface area contributed by atoms with Gasteiger partial charge < -0.3 is 15.5 Å². The van der Waals surface area contributed by atoms with E-state index < -0.39 is 0 Å². The van der Waals surface area contributed by atoms with Crippen LogP contribution < -0.4 is 5.32 Å². The number of phenolic OH excluding ortho intramolecular Hbond substituents is 2. The zero-order valence-electron chi connectivity index (χ0n) is 12.3. The van der Waals surface area contributed by atoms with E-state index in [-0.39, 0.29) is 11.5 Å². The molecular weight excluding hydrogens is 296 g/mol. The number of rotatable bonds is 3. The fraction of sp³-hybridized carbons (Fsp3) is 0.118. The van der Waals surface area contributed by atoms with Gasteiger partial charge in [-0.05, 0) is 49.2 Å². The minimum atomic E-state index is 0.0169. The molecule has 0 atom stereocenters. The smallest absolute Gasteiger partial charge is 0.187 e. The number of nitrogens with zero attached hydrogens (tertiary/aromatic N) is 1. The summed E-state index contributed by atoms with van der Waals surface area (Å²) in [4.78, 5) is 4.49. The van der Waals surface area contributed by atoms with E-state index in [2.05, 4.69) is 42.3 Å². The van der Waals surface area contributed by atoms with Crippen molar-refractivity contribution < 1.29 is 10.2 Å². The van der Waals surface area contributed by atoms with Crippen LogP contribution >= 0.6 is 11.3 Å². The summed E-state index contributed by atoms with van der Waals surface area (Å²) in [6.07, 6.45) is 0. The largest absolute Gasteiger partial charge is 0.508 e. The third-order valence-corrected chi connectivity index (χ3v) is 3.99. The van der Waals surface area contributed by atoms with Gasteiger partial charge in [0.15, 0.2) is 5.13 Å². The number of aromatic hydroxyl groups is 2. The maximum absolute atomic E-state index is 9.90. The van der Waals surface area contributed by atoms with E-state index in [1.54, 1.807) is 6.07 Å². The molecule has 0 spiro atoms. The molecule has 3 N–H and O–H groups in total. The van der Waals surface area contributed by atoms with Crippen molar-refractivity contribution in [3.05, 3.63) is 52.9 Å². The van der Waals surface area contributed by atoms with Crippen molar-refractivity contribution in [3.8, 4) is 22.8 Å². The van der Waals surface area contributed by atoms with E-state index in [0.29, 0.717) is 11.3 Å². The van der Waals surface area contributed by atoms with Crippen LogP contribution in [-0.4, -0.2) is 15.2 Å². The van der Waals surface area contributed by atoms with Crippen molar-refractivity contribution in [2.75, 3.05) is 5.32 Å². The second-order valence-electron chi connectivity index (χ2n) is 5.24. The summed E-state index contributed by atoms with van der Waals surface area (Å²) in [5, 5.41) is 25.2. The van der Waals surface area contributed by atoms with E-state index >= 15 is 0 Å². The predicted molar refractivity (Wildman–Crippen MR) is 90.1 cm³/mol. The van der Waals surface area contributed by atoms with E-state index in [9.17, 15) is 10.2 Å². The third-order valence-electron chi connectivity index (χ3n) is 3.23. The number of aromatic nitrogens is 1. The van der Waals surface area contributed by atoms with Gasteiger partial charge in [0.1, 0.15) is 11.5 Å². The summed E-state index contributed by atoms with van der Waals surface area (Å²) in [5.74, 6) is 0.0494. The molecule has 0 saturated heterocycles. The summed E-state index contributed by atoms with van der Waals surface area (Å²) >= 11 is 1.47. The van der Waals surface area contributed by atoms with Gasteiger partial charge in [0, 0.05) is 22.7 Å². The molecule has 0 fully saturated rings. The van der Waals surface area contributed by atoms with Gasteiger partial charge in [-0.25, -0.2) is 4.98 Å². The quantitative estimate of drug-likeness (QED) is 0.662. The number of benzene rings is 2. The van der Waals surface area contributed by atoms with Crippen LogP contribution in [0.3, 0.4) is 0 Å². The molecule has 1 heterocycles. The summed E-state index contributed by atoms with van der Waals surface area (Å²) in [5.41, 5.74) is 4.65. The summed E-state index contributed by atoms with van der Waals surface area (Å²) in [7, 11) is 0. The van der Waals surface area contributed by atoms with Crippen LogP contribution in [0, 0.1) is 13.8 Å². The van der Waals surface area contributed by atoms with Crippen molar-refractivity contribution in [2.24, 2.45) is 0 Å². The summed E-state index contributed by atoms with van der Waals surface area (Å²) in [6, 6.07) is 10.7. The van der Waals surface area contributed by atoms with Crippen LogP contribution in [0.2, 0.25) is 0 Å². The van der Waals surface area contributed by atoms with Crippen LogP contribution in [0.1, 0.15) is 11.1 Å². The molecule has 2 aromatic carbocycles. The van der Waals surface area contributed by atoms with E-state index in [1.807, 2.05) is 5.38 Å². The maximum Gasteiger partial charge on any atom is 0.187 e. The highest BCUT2D eigenvalue weighted by atomic mass is 32.1. The normalized spacial score (nSPS) is 10.6. The van der Waals surface area contributed by atoms with Crippen LogP contribution in [-0.2, 0) is 0 Å². The van der Waals surface area contributed by atoms with Crippen LogP contribution in [0.25, 0.3) is 11.3 Å². The van der Waals surface area contributed by atoms with Crippen molar-refractivity contribution in [1.29, 1.82) is 0 Å². The standard InChI is InChI=1S/C17H16N2O2S/c1-10-5-11(2)7-12(6-10)18-17-19-15(9-22-17)14-4-3-13(20)8-16(14)21/h3-9,20-21H,1-2H3,(H,18,19).